The number of fused-ring (bicyclic) bond motifs is 1. The van der Waals surface area contributed by atoms with Gasteiger partial charge in [-0.25, -0.2) is 9.37 Å². The number of phenols is 1. The lowest BCUT2D eigenvalue weighted by Crippen LogP contribution is -1.87. The molecule has 0 spiro atoms. The van der Waals surface area contributed by atoms with Crippen molar-refractivity contribution in [1.29, 1.82) is 0 Å². The highest BCUT2D eigenvalue weighted by Gasteiger charge is 2.12. The molecule has 18 heavy (non-hydrogen) atoms. The minimum absolute atomic E-state index is 0.146. The van der Waals surface area contributed by atoms with Crippen molar-refractivity contribution in [2.75, 3.05) is 0 Å². The van der Waals surface area contributed by atoms with Gasteiger partial charge in [-0.15, -0.1) is 0 Å². The lowest BCUT2D eigenvalue weighted by Gasteiger charge is -2.00. The molecule has 0 radical (unpaired) electrons. The summed E-state index contributed by atoms with van der Waals surface area (Å²) < 4.78 is 14.3. The summed E-state index contributed by atoms with van der Waals surface area (Å²) in [6.07, 6.45) is 0. The molecule has 0 aliphatic rings. The van der Waals surface area contributed by atoms with Gasteiger partial charge in [0.15, 0.2) is 0 Å². The Hall–Kier alpha value is -1.88. The number of H-pyrrole nitrogens is 1. The predicted octanol–water partition coefficient (Wildman–Crippen LogP) is 3.84. The quantitative estimate of drug-likeness (QED) is 0.717. The fourth-order valence-corrected chi connectivity index (χ4v) is 2.18. The van der Waals surface area contributed by atoms with E-state index in [1.165, 1.54) is 0 Å². The van der Waals surface area contributed by atoms with Gasteiger partial charge in [-0.3, -0.25) is 0 Å². The van der Waals surface area contributed by atoms with Crippen molar-refractivity contribution in [2.45, 2.75) is 0 Å². The van der Waals surface area contributed by atoms with Crippen LogP contribution in [0.25, 0.3) is 22.4 Å². The van der Waals surface area contributed by atoms with Crippen LogP contribution >= 0.6 is 15.9 Å². The minimum atomic E-state index is -0.360. The summed E-state index contributed by atoms with van der Waals surface area (Å²) in [4.78, 5) is 7.29. The van der Waals surface area contributed by atoms with E-state index >= 15 is 0 Å². The van der Waals surface area contributed by atoms with Gasteiger partial charge in [0, 0.05) is 6.07 Å². The second-order valence-corrected chi connectivity index (χ2v) is 4.74. The molecule has 0 saturated heterocycles. The second-order valence-electron chi connectivity index (χ2n) is 3.89. The van der Waals surface area contributed by atoms with E-state index in [4.69, 9.17) is 0 Å². The van der Waals surface area contributed by atoms with Gasteiger partial charge in [-0.2, -0.15) is 0 Å². The number of benzene rings is 2. The number of nitrogens with zero attached hydrogens (tertiary/aromatic N) is 1. The second kappa shape index (κ2) is 4.10. The van der Waals surface area contributed by atoms with Crippen LogP contribution in [0.1, 0.15) is 0 Å². The third kappa shape index (κ3) is 1.76. The van der Waals surface area contributed by atoms with Crippen LogP contribution in [-0.2, 0) is 0 Å². The van der Waals surface area contributed by atoms with Crippen LogP contribution in [0.3, 0.4) is 0 Å². The van der Waals surface area contributed by atoms with Crippen molar-refractivity contribution < 1.29 is 9.50 Å². The number of rotatable bonds is 1. The Morgan fingerprint density at radius 3 is 2.89 bits per heavy atom. The van der Waals surface area contributed by atoms with E-state index in [1.54, 1.807) is 36.4 Å². The average Bonchev–Trinajstić information content (AvgIpc) is 2.75. The predicted molar refractivity (Wildman–Crippen MR) is 70.9 cm³/mol. The molecular formula is C13H8BrFN2O. The molecule has 2 aromatic carbocycles. The normalized spacial score (nSPS) is 11.0. The molecular weight excluding hydrogens is 299 g/mol. The monoisotopic (exact) mass is 306 g/mol. The first-order valence-corrected chi connectivity index (χ1v) is 6.07. The molecule has 1 aromatic heterocycles. The maximum Gasteiger partial charge on any atom is 0.148 e. The third-order valence-electron chi connectivity index (χ3n) is 2.67. The number of nitrogens with one attached hydrogen (secondary N) is 1. The highest BCUT2D eigenvalue weighted by atomic mass is 79.9. The van der Waals surface area contributed by atoms with Crippen molar-refractivity contribution in [3.8, 4) is 17.1 Å². The average molecular weight is 307 g/mol. The smallest absolute Gasteiger partial charge is 0.148 e. The zero-order valence-electron chi connectivity index (χ0n) is 9.11. The van der Waals surface area contributed by atoms with E-state index in [0.29, 0.717) is 26.9 Å². The van der Waals surface area contributed by atoms with Crippen molar-refractivity contribution in [3.05, 3.63) is 46.7 Å². The van der Waals surface area contributed by atoms with Gasteiger partial charge in [0.2, 0.25) is 0 Å². The number of aromatic hydroxyl groups is 1. The Labute approximate surface area is 110 Å². The van der Waals surface area contributed by atoms with Crippen LogP contribution in [0.15, 0.2) is 40.9 Å². The Bertz CT molecular complexity index is 739. The first-order valence-electron chi connectivity index (χ1n) is 5.28. The number of halogens is 2. The lowest BCUT2D eigenvalue weighted by molar-refractivity contribution is 0.476. The highest BCUT2D eigenvalue weighted by molar-refractivity contribution is 9.10. The van der Waals surface area contributed by atoms with Crippen LogP contribution in [0.2, 0.25) is 0 Å². The number of aromatic amines is 1. The molecule has 5 heteroatoms. The summed E-state index contributed by atoms with van der Waals surface area (Å²) in [6, 6.07) is 9.81. The van der Waals surface area contributed by atoms with E-state index in [9.17, 15) is 9.50 Å². The Balaban J connectivity index is 2.22. The zero-order valence-corrected chi connectivity index (χ0v) is 10.7. The van der Waals surface area contributed by atoms with Gasteiger partial charge < -0.3 is 10.1 Å². The van der Waals surface area contributed by atoms with E-state index in [2.05, 4.69) is 25.9 Å². The number of imidazole rings is 1. The van der Waals surface area contributed by atoms with Gasteiger partial charge in [-0.05, 0) is 40.2 Å². The summed E-state index contributed by atoms with van der Waals surface area (Å²) in [5.74, 6) is 0.225. The number of hydrogen-bond acceptors (Lipinski definition) is 2. The third-order valence-corrected chi connectivity index (χ3v) is 3.28. The topological polar surface area (TPSA) is 48.9 Å². The summed E-state index contributed by atoms with van der Waals surface area (Å²) in [7, 11) is 0. The van der Waals surface area contributed by atoms with Gasteiger partial charge in [-0.1, -0.05) is 6.07 Å². The molecule has 0 bridgehead atoms. The SMILES string of the molecule is Oc1ccc2nc(-c3cccc(Br)c3F)[nH]c2c1. The fourth-order valence-electron chi connectivity index (χ4n) is 1.81. The van der Waals surface area contributed by atoms with Gasteiger partial charge >= 0.3 is 0 Å². The van der Waals surface area contributed by atoms with E-state index in [0.717, 1.165) is 0 Å². The van der Waals surface area contributed by atoms with E-state index < -0.39 is 0 Å². The van der Waals surface area contributed by atoms with Gasteiger partial charge in [0.05, 0.1) is 21.1 Å². The molecule has 3 rings (SSSR count). The molecule has 2 N–H and O–H groups in total. The molecule has 0 atom stereocenters. The Kier molecular flexibility index (Phi) is 2.56. The van der Waals surface area contributed by atoms with Crippen molar-refractivity contribution in [1.82, 2.24) is 9.97 Å². The van der Waals surface area contributed by atoms with Crippen LogP contribution in [0, 0.1) is 5.82 Å². The van der Waals surface area contributed by atoms with Crippen molar-refractivity contribution in [2.24, 2.45) is 0 Å². The number of aromatic nitrogens is 2. The van der Waals surface area contributed by atoms with E-state index in [-0.39, 0.29) is 11.6 Å². The van der Waals surface area contributed by atoms with Gasteiger partial charge in [0.1, 0.15) is 17.4 Å². The van der Waals surface area contributed by atoms with Crippen LogP contribution < -0.4 is 0 Å². The maximum atomic E-state index is 13.9. The zero-order chi connectivity index (χ0) is 12.7. The van der Waals surface area contributed by atoms with Gasteiger partial charge in [0.25, 0.3) is 0 Å². The highest BCUT2D eigenvalue weighted by Crippen LogP contribution is 2.28. The van der Waals surface area contributed by atoms with Crippen molar-refractivity contribution >= 4 is 27.0 Å². The Morgan fingerprint density at radius 2 is 2.06 bits per heavy atom. The summed E-state index contributed by atoms with van der Waals surface area (Å²) >= 11 is 3.14. The summed E-state index contributed by atoms with van der Waals surface area (Å²) in [6.45, 7) is 0. The molecule has 0 saturated carbocycles. The lowest BCUT2D eigenvalue weighted by atomic mass is 10.2. The molecule has 1 heterocycles. The largest absolute Gasteiger partial charge is 0.508 e. The first kappa shape index (κ1) is 11.2. The van der Waals surface area contributed by atoms with Crippen LogP contribution in [0.4, 0.5) is 4.39 Å². The molecule has 3 nitrogen and oxygen atoms in total. The minimum Gasteiger partial charge on any atom is -0.508 e. The summed E-state index contributed by atoms with van der Waals surface area (Å²) in [5.41, 5.74) is 1.74. The molecule has 3 aromatic rings. The summed E-state index contributed by atoms with van der Waals surface area (Å²) in [5, 5.41) is 9.38. The number of phenolic OH excluding ortho intramolecular Hbond substituents is 1. The van der Waals surface area contributed by atoms with Crippen LogP contribution in [-0.4, -0.2) is 15.1 Å². The first-order chi connectivity index (χ1) is 8.65. The fraction of sp³-hybridized carbons (Fsp3) is 0. The van der Waals surface area contributed by atoms with E-state index in [1.807, 2.05) is 0 Å². The number of hydrogen-bond donors (Lipinski definition) is 2. The maximum absolute atomic E-state index is 13.9. The molecule has 90 valence electrons. The Morgan fingerprint density at radius 1 is 1.22 bits per heavy atom. The molecule has 0 amide bonds. The molecule has 0 fully saturated rings. The molecule has 0 unspecified atom stereocenters. The van der Waals surface area contributed by atoms with Crippen molar-refractivity contribution in [3.63, 3.8) is 0 Å². The molecule has 0 aliphatic heterocycles. The van der Waals surface area contributed by atoms with Crippen LogP contribution in [0.5, 0.6) is 5.75 Å². The standard InChI is InChI=1S/C13H8BrFN2O/c14-9-3-1-2-8(12(9)15)13-16-10-5-4-7(18)6-11(10)17-13/h1-6,18H,(H,16,17). The molecule has 0 aliphatic carbocycles.